The van der Waals surface area contributed by atoms with Crippen molar-refractivity contribution in [2.75, 3.05) is 13.7 Å². The van der Waals surface area contributed by atoms with Crippen LogP contribution in [0.2, 0.25) is 0 Å². The van der Waals surface area contributed by atoms with Gasteiger partial charge in [0.1, 0.15) is 0 Å². The van der Waals surface area contributed by atoms with Gasteiger partial charge in [-0.3, -0.25) is 4.79 Å². The fourth-order valence-electron chi connectivity index (χ4n) is 2.22. The predicted octanol–water partition coefficient (Wildman–Crippen LogP) is 0.984. The second-order valence-electron chi connectivity index (χ2n) is 4.48. The highest BCUT2D eigenvalue weighted by molar-refractivity contribution is 7.80. The molecule has 1 aliphatic carbocycles. The Kier molecular flexibility index (Phi) is 4.68. The molecule has 0 aromatic heterocycles. The maximum Gasteiger partial charge on any atom is 0.233 e. The lowest BCUT2D eigenvalue weighted by Crippen LogP contribution is -2.50. The number of carbonyl (C=O) groups excluding carboxylic acids is 1. The molecule has 0 radical (unpaired) electrons. The monoisotopic (exact) mass is 244 g/mol. The summed E-state index contributed by atoms with van der Waals surface area (Å²) in [5, 5.41) is 2.91. The minimum Gasteiger partial charge on any atom is -0.392 e. The molecule has 0 heterocycles. The Hall–Kier alpha value is -0.680. The van der Waals surface area contributed by atoms with Crippen molar-refractivity contribution in [2.45, 2.75) is 38.6 Å². The molecule has 1 rings (SSSR count). The number of nitrogens with two attached hydrogens (primary N) is 1. The summed E-state index contributed by atoms with van der Waals surface area (Å²) in [6.07, 6.45) is 3.58. The van der Waals surface area contributed by atoms with E-state index >= 15 is 0 Å². The van der Waals surface area contributed by atoms with Gasteiger partial charge in [-0.05, 0) is 19.8 Å². The van der Waals surface area contributed by atoms with Gasteiger partial charge in [0.05, 0.1) is 17.0 Å². The van der Waals surface area contributed by atoms with Gasteiger partial charge in [-0.2, -0.15) is 0 Å². The number of carbonyl (C=O) groups is 1. The molecule has 1 unspecified atom stereocenters. The zero-order chi connectivity index (χ0) is 12.2. The van der Waals surface area contributed by atoms with E-state index < -0.39 is 5.41 Å². The molecule has 3 N–H and O–H groups in total. The normalized spacial score (nSPS) is 20.4. The van der Waals surface area contributed by atoms with Crippen LogP contribution in [-0.4, -0.2) is 30.7 Å². The highest BCUT2D eigenvalue weighted by Gasteiger charge is 2.44. The highest BCUT2D eigenvalue weighted by Crippen LogP contribution is 2.38. The Morgan fingerprint density at radius 2 is 2.12 bits per heavy atom. The van der Waals surface area contributed by atoms with Crippen LogP contribution >= 0.6 is 12.2 Å². The van der Waals surface area contributed by atoms with Crippen molar-refractivity contribution in [2.24, 2.45) is 11.1 Å². The number of hydrogen-bond donors (Lipinski definition) is 2. The minimum absolute atomic E-state index is 0.00988. The van der Waals surface area contributed by atoms with Crippen LogP contribution in [0.25, 0.3) is 0 Å². The minimum atomic E-state index is -0.614. The van der Waals surface area contributed by atoms with Gasteiger partial charge in [-0.1, -0.05) is 25.1 Å². The number of methoxy groups -OCH3 is 1. The Morgan fingerprint density at radius 3 is 2.56 bits per heavy atom. The Labute approximate surface area is 102 Å². The van der Waals surface area contributed by atoms with Crippen LogP contribution in [0.15, 0.2) is 0 Å². The standard InChI is InChI=1S/C11H20N2O2S/c1-8(7-15-2)13-10(14)11(9(12)16)5-3-4-6-11/h8H,3-7H2,1-2H3,(H2,12,16)(H,13,14). The van der Waals surface area contributed by atoms with E-state index in [4.69, 9.17) is 22.7 Å². The topological polar surface area (TPSA) is 64.3 Å². The molecule has 92 valence electrons. The van der Waals surface area contributed by atoms with E-state index in [0.717, 1.165) is 25.7 Å². The van der Waals surface area contributed by atoms with Crippen molar-refractivity contribution in [3.05, 3.63) is 0 Å². The zero-order valence-corrected chi connectivity index (χ0v) is 10.7. The smallest absolute Gasteiger partial charge is 0.233 e. The summed E-state index contributed by atoms with van der Waals surface area (Å²) in [4.78, 5) is 12.5. The fourth-order valence-corrected chi connectivity index (χ4v) is 2.51. The van der Waals surface area contributed by atoms with E-state index in [9.17, 15) is 4.79 Å². The average Bonchev–Trinajstić information content (AvgIpc) is 2.67. The molecular weight excluding hydrogens is 224 g/mol. The maximum atomic E-state index is 12.2. The lowest BCUT2D eigenvalue weighted by atomic mass is 9.85. The van der Waals surface area contributed by atoms with Gasteiger partial charge in [0.25, 0.3) is 0 Å². The molecule has 1 amide bonds. The molecular formula is C11H20N2O2S. The second-order valence-corrected chi connectivity index (χ2v) is 4.92. The molecule has 0 bridgehead atoms. The molecule has 1 aliphatic rings. The first-order chi connectivity index (χ1) is 7.53. The van der Waals surface area contributed by atoms with Gasteiger partial charge in [0.15, 0.2) is 0 Å². The average molecular weight is 244 g/mol. The predicted molar refractivity (Wildman–Crippen MR) is 67.2 cm³/mol. The quantitative estimate of drug-likeness (QED) is 0.708. The number of amides is 1. The van der Waals surface area contributed by atoms with Crippen molar-refractivity contribution < 1.29 is 9.53 Å². The first kappa shape index (κ1) is 13.4. The summed E-state index contributed by atoms with van der Waals surface area (Å²) in [6.45, 7) is 2.41. The van der Waals surface area contributed by atoms with Gasteiger partial charge in [0.2, 0.25) is 5.91 Å². The summed E-state index contributed by atoms with van der Waals surface area (Å²) in [5.74, 6) is -0.0398. The third kappa shape index (κ3) is 2.71. The largest absolute Gasteiger partial charge is 0.392 e. The summed E-state index contributed by atoms with van der Waals surface area (Å²) in [5.41, 5.74) is 5.11. The van der Waals surface area contributed by atoms with Crippen molar-refractivity contribution >= 4 is 23.1 Å². The molecule has 1 atom stereocenters. The number of nitrogens with one attached hydrogen (secondary N) is 1. The summed E-state index contributed by atoms with van der Waals surface area (Å²) < 4.78 is 4.98. The van der Waals surface area contributed by atoms with Gasteiger partial charge in [-0.15, -0.1) is 0 Å². The Morgan fingerprint density at radius 1 is 1.56 bits per heavy atom. The van der Waals surface area contributed by atoms with E-state index in [-0.39, 0.29) is 11.9 Å². The van der Waals surface area contributed by atoms with Gasteiger partial charge >= 0.3 is 0 Å². The third-order valence-corrected chi connectivity index (χ3v) is 3.55. The van der Waals surface area contributed by atoms with Gasteiger partial charge in [0, 0.05) is 13.2 Å². The Balaban J connectivity index is 2.66. The molecule has 0 aliphatic heterocycles. The number of ether oxygens (including phenoxy) is 1. The van der Waals surface area contributed by atoms with E-state index in [2.05, 4.69) is 5.32 Å². The van der Waals surface area contributed by atoms with Crippen LogP contribution < -0.4 is 11.1 Å². The fraction of sp³-hybridized carbons (Fsp3) is 0.818. The van der Waals surface area contributed by atoms with E-state index in [0.29, 0.717) is 11.6 Å². The maximum absolute atomic E-state index is 12.2. The van der Waals surface area contributed by atoms with Crippen LogP contribution in [0.4, 0.5) is 0 Å². The number of rotatable bonds is 5. The number of hydrogen-bond acceptors (Lipinski definition) is 3. The first-order valence-corrected chi connectivity index (χ1v) is 6.03. The summed E-state index contributed by atoms with van der Waals surface area (Å²) in [7, 11) is 1.61. The SMILES string of the molecule is COCC(C)NC(=O)C1(C(N)=S)CCCC1. The first-order valence-electron chi connectivity index (χ1n) is 5.63. The molecule has 0 aromatic rings. The van der Waals surface area contributed by atoms with E-state index in [1.807, 2.05) is 6.92 Å². The molecule has 1 fully saturated rings. The summed E-state index contributed by atoms with van der Waals surface area (Å²) in [6, 6.07) is -0.00988. The Bertz CT molecular complexity index is 275. The molecule has 1 saturated carbocycles. The van der Waals surface area contributed by atoms with Crippen molar-refractivity contribution in [3.63, 3.8) is 0 Å². The van der Waals surface area contributed by atoms with Crippen molar-refractivity contribution in [3.8, 4) is 0 Å². The van der Waals surface area contributed by atoms with Crippen LogP contribution in [0.1, 0.15) is 32.6 Å². The molecule has 0 saturated heterocycles. The zero-order valence-electron chi connectivity index (χ0n) is 9.91. The highest BCUT2D eigenvalue weighted by atomic mass is 32.1. The lowest BCUT2D eigenvalue weighted by Gasteiger charge is -2.28. The molecule has 0 spiro atoms. The molecule has 4 nitrogen and oxygen atoms in total. The molecule has 5 heteroatoms. The van der Waals surface area contributed by atoms with Crippen LogP contribution in [0.3, 0.4) is 0 Å². The third-order valence-electron chi connectivity index (χ3n) is 3.16. The van der Waals surface area contributed by atoms with Crippen LogP contribution in [-0.2, 0) is 9.53 Å². The van der Waals surface area contributed by atoms with Crippen molar-refractivity contribution in [1.82, 2.24) is 5.32 Å². The molecule has 16 heavy (non-hydrogen) atoms. The van der Waals surface area contributed by atoms with Crippen LogP contribution in [0, 0.1) is 5.41 Å². The number of thiocarbonyl (C=S) groups is 1. The van der Waals surface area contributed by atoms with Gasteiger partial charge < -0.3 is 15.8 Å². The van der Waals surface area contributed by atoms with E-state index in [1.165, 1.54) is 0 Å². The van der Waals surface area contributed by atoms with Gasteiger partial charge in [-0.25, -0.2) is 0 Å². The van der Waals surface area contributed by atoms with Crippen molar-refractivity contribution in [1.29, 1.82) is 0 Å². The lowest BCUT2D eigenvalue weighted by molar-refractivity contribution is -0.128. The second kappa shape index (κ2) is 5.59. The molecule has 0 aromatic carbocycles. The van der Waals surface area contributed by atoms with Crippen LogP contribution in [0.5, 0.6) is 0 Å². The van der Waals surface area contributed by atoms with E-state index in [1.54, 1.807) is 7.11 Å². The summed E-state index contributed by atoms with van der Waals surface area (Å²) >= 11 is 5.05.